The van der Waals surface area contributed by atoms with Crippen molar-refractivity contribution < 1.29 is 17.6 Å². The molecule has 0 aliphatic rings. The van der Waals surface area contributed by atoms with Crippen molar-refractivity contribution in [3.8, 4) is 0 Å². The molecule has 0 aliphatic heterocycles. The summed E-state index contributed by atoms with van der Waals surface area (Å²) in [6.45, 7) is 5.71. The molecule has 0 radical (unpaired) electrons. The maximum Gasteiger partial charge on any atom is 0.419 e. The van der Waals surface area contributed by atoms with Crippen LogP contribution in [0.5, 0.6) is 0 Å². The van der Waals surface area contributed by atoms with Crippen LogP contribution < -0.4 is 0 Å². The lowest BCUT2D eigenvalue weighted by atomic mass is 9.80. The van der Waals surface area contributed by atoms with E-state index in [0.29, 0.717) is 12.0 Å². The normalized spacial score (nSPS) is 14.7. The lowest BCUT2D eigenvalue weighted by Gasteiger charge is -2.27. The minimum atomic E-state index is -4.64. The van der Waals surface area contributed by atoms with Crippen LogP contribution in [-0.2, 0) is 11.6 Å². The first kappa shape index (κ1) is 15.5. The molecule has 0 saturated carbocycles. The molecule has 102 valence electrons. The number of alkyl halides is 4. The third-order valence-electron chi connectivity index (χ3n) is 2.85. The van der Waals surface area contributed by atoms with Gasteiger partial charge in [-0.2, -0.15) is 13.2 Å². The molecule has 0 spiro atoms. The molecular weight excluding hydrogens is 312 g/mol. The van der Waals surface area contributed by atoms with Gasteiger partial charge < -0.3 is 0 Å². The molecule has 0 heterocycles. The maximum absolute atomic E-state index is 13.5. The molecule has 18 heavy (non-hydrogen) atoms. The van der Waals surface area contributed by atoms with Crippen molar-refractivity contribution >= 4 is 15.9 Å². The molecule has 0 aromatic heterocycles. The second-order valence-electron chi connectivity index (χ2n) is 5.06. The Bertz CT molecular complexity index is 421. The monoisotopic (exact) mass is 326 g/mol. The van der Waals surface area contributed by atoms with Crippen LogP contribution in [0.25, 0.3) is 0 Å². The fraction of sp³-hybridized carbons (Fsp3) is 0.538. The van der Waals surface area contributed by atoms with Crippen molar-refractivity contribution in [2.24, 2.45) is 0 Å². The smallest absolute Gasteiger partial charge is 0.206 e. The first-order valence-corrected chi connectivity index (χ1v) is 6.47. The molecule has 0 bridgehead atoms. The summed E-state index contributed by atoms with van der Waals surface area (Å²) >= 11 is 3.40. The Labute approximate surface area is 113 Å². The highest BCUT2D eigenvalue weighted by Crippen LogP contribution is 2.35. The van der Waals surface area contributed by atoms with E-state index < -0.39 is 17.6 Å². The molecular formula is C13H15BrF4. The van der Waals surface area contributed by atoms with Gasteiger partial charge >= 0.3 is 6.18 Å². The highest BCUT2D eigenvalue weighted by Gasteiger charge is 2.35. The van der Waals surface area contributed by atoms with Crippen molar-refractivity contribution in [3.63, 3.8) is 0 Å². The number of hydrogen-bond acceptors (Lipinski definition) is 0. The van der Waals surface area contributed by atoms with Crippen LogP contribution in [-0.4, -0.2) is 4.83 Å². The summed E-state index contributed by atoms with van der Waals surface area (Å²) in [7, 11) is 0. The van der Waals surface area contributed by atoms with Gasteiger partial charge in [0.25, 0.3) is 0 Å². The number of benzene rings is 1. The van der Waals surface area contributed by atoms with Gasteiger partial charge in [0.15, 0.2) is 0 Å². The minimum Gasteiger partial charge on any atom is -0.206 e. The lowest BCUT2D eigenvalue weighted by Crippen LogP contribution is -2.21. The van der Waals surface area contributed by atoms with Crippen LogP contribution in [0, 0.1) is 5.82 Å². The number of rotatable bonds is 3. The van der Waals surface area contributed by atoms with Crippen molar-refractivity contribution in [2.75, 3.05) is 0 Å². The van der Waals surface area contributed by atoms with Gasteiger partial charge in [-0.1, -0.05) is 42.8 Å². The standard InChI is InChI=1S/C13H15BrF4/c1-8(14)7-12(2,3)9-4-5-10(11(15)6-9)13(16,17)18/h4-6,8H,7H2,1-3H3. The second-order valence-corrected chi connectivity index (χ2v) is 6.62. The summed E-state index contributed by atoms with van der Waals surface area (Å²) in [5.74, 6) is -1.21. The van der Waals surface area contributed by atoms with Gasteiger partial charge in [0.2, 0.25) is 0 Å². The van der Waals surface area contributed by atoms with E-state index >= 15 is 0 Å². The number of halogens is 5. The summed E-state index contributed by atoms with van der Waals surface area (Å²) in [5, 5.41) is 0. The summed E-state index contributed by atoms with van der Waals surface area (Å²) in [6, 6.07) is 3.14. The van der Waals surface area contributed by atoms with Crippen molar-refractivity contribution in [2.45, 2.75) is 43.6 Å². The summed E-state index contributed by atoms with van der Waals surface area (Å²) in [4.78, 5) is 0.206. The molecule has 0 N–H and O–H groups in total. The van der Waals surface area contributed by atoms with Crippen molar-refractivity contribution in [1.29, 1.82) is 0 Å². The van der Waals surface area contributed by atoms with Gasteiger partial charge in [-0.25, -0.2) is 4.39 Å². The van der Waals surface area contributed by atoms with E-state index in [1.54, 1.807) is 0 Å². The molecule has 0 aliphatic carbocycles. The van der Waals surface area contributed by atoms with Gasteiger partial charge in [0, 0.05) is 4.83 Å². The largest absolute Gasteiger partial charge is 0.419 e. The third-order valence-corrected chi connectivity index (χ3v) is 3.17. The first-order chi connectivity index (χ1) is 8.04. The fourth-order valence-corrected chi connectivity index (χ4v) is 2.80. The zero-order valence-electron chi connectivity index (χ0n) is 10.4. The van der Waals surface area contributed by atoms with Gasteiger partial charge in [0.1, 0.15) is 5.82 Å². The van der Waals surface area contributed by atoms with E-state index in [2.05, 4.69) is 15.9 Å². The molecule has 0 fully saturated rings. The average Bonchev–Trinajstić information content (AvgIpc) is 2.13. The molecule has 0 amide bonds. The summed E-state index contributed by atoms with van der Waals surface area (Å²) in [6.07, 6.45) is -3.94. The zero-order chi connectivity index (χ0) is 14.1. The van der Waals surface area contributed by atoms with Gasteiger partial charge in [-0.3, -0.25) is 0 Å². The van der Waals surface area contributed by atoms with Crippen LogP contribution in [0.1, 0.15) is 38.3 Å². The van der Waals surface area contributed by atoms with E-state index in [9.17, 15) is 17.6 Å². The Morgan fingerprint density at radius 2 is 1.78 bits per heavy atom. The Kier molecular flexibility index (Phi) is 4.47. The van der Waals surface area contributed by atoms with E-state index in [4.69, 9.17) is 0 Å². The second kappa shape index (κ2) is 5.19. The number of hydrogen-bond donors (Lipinski definition) is 0. The summed E-state index contributed by atoms with van der Waals surface area (Å²) in [5.41, 5.74) is -1.03. The minimum absolute atomic E-state index is 0.206. The highest BCUT2D eigenvalue weighted by atomic mass is 79.9. The average molecular weight is 327 g/mol. The third kappa shape index (κ3) is 3.70. The Morgan fingerprint density at radius 3 is 2.17 bits per heavy atom. The fourth-order valence-electron chi connectivity index (χ4n) is 1.99. The van der Waals surface area contributed by atoms with Crippen LogP contribution in [0.4, 0.5) is 17.6 Å². The van der Waals surface area contributed by atoms with E-state index in [1.807, 2.05) is 20.8 Å². The Balaban J connectivity index is 3.12. The van der Waals surface area contributed by atoms with Crippen LogP contribution >= 0.6 is 15.9 Å². The molecule has 1 unspecified atom stereocenters. The van der Waals surface area contributed by atoms with Crippen molar-refractivity contribution in [3.05, 3.63) is 35.1 Å². The van der Waals surface area contributed by atoms with E-state index in [-0.39, 0.29) is 10.2 Å². The first-order valence-electron chi connectivity index (χ1n) is 5.55. The molecule has 5 heteroatoms. The van der Waals surface area contributed by atoms with Crippen LogP contribution in [0.3, 0.4) is 0 Å². The predicted molar refractivity (Wildman–Crippen MR) is 67.4 cm³/mol. The van der Waals surface area contributed by atoms with E-state index in [0.717, 1.165) is 12.1 Å². The molecule has 1 aromatic rings. The SMILES string of the molecule is CC(Br)CC(C)(C)c1ccc(C(F)(F)F)c(F)c1. The van der Waals surface area contributed by atoms with Crippen LogP contribution in [0.2, 0.25) is 0 Å². The van der Waals surface area contributed by atoms with Gasteiger partial charge in [-0.15, -0.1) is 0 Å². The Hall–Kier alpha value is -0.580. The quantitative estimate of drug-likeness (QED) is 0.522. The zero-order valence-corrected chi connectivity index (χ0v) is 12.0. The molecule has 0 saturated heterocycles. The van der Waals surface area contributed by atoms with Gasteiger partial charge in [-0.05, 0) is 29.5 Å². The molecule has 0 nitrogen and oxygen atoms in total. The Morgan fingerprint density at radius 1 is 1.22 bits per heavy atom. The predicted octanol–water partition coefficient (Wildman–Crippen LogP) is 5.30. The van der Waals surface area contributed by atoms with E-state index in [1.165, 1.54) is 6.07 Å². The van der Waals surface area contributed by atoms with Crippen molar-refractivity contribution in [1.82, 2.24) is 0 Å². The topological polar surface area (TPSA) is 0 Å². The lowest BCUT2D eigenvalue weighted by molar-refractivity contribution is -0.140. The molecule has 1 rings (SSSR count). The van der Waals surface area contributed by atoms with Gasteiger partial charge in [0.05, 0.1) is 5.56 Å². The molecule has 1 atom stereocenters. The summed E-state index contributed by atoms with van der Waals surface area (Å²) < 4.78 is 50.8. The highest BCUT2D eigenvalue weighted by molar-refractivity contribution is 9.09. The maximum atomic E-state index is 13.5. The molecule has 1 aromatic carbocycles. The van der Waals surface area contributed by atoms with Crippen LogP contribution in [0.15, 0.2) is 18.2 Å².